The van der Waals surface area contributed by atoms with E-state index >= 15 is 0 Å². The summed E-state index contributed by atoms with van der Waals surface area (Å²) in [5.41, 5.74) is 0. The van der Waals surface area contributed by atoms with Gasteiger partial charge in [0.05, 0.1) is 6.42 Å². The van der Waals surface area contributed by atoms with E-state index in [2.05, 4.69) is 130 Å². The second-order valence-electron chi connectivity index (χ2n) is 15.4. The minimum Gasteiger partial charge on any atom is -0.462 e. The SMILES string of the molecule is CC/C=C\C/C=C\C/C=C\CCCCCCCCC(=O)OC(COC(=O)C/C=C\C/C=C\C/C=C\CC)COC(=O)CCCCCCC\C=C/C=C\C=C/C=C\CCCCC. The highest BCUT2D eigenvalue weighted by molar-refractivity contribution is 5.72. The van der Waals surface area contributed by atoms with Gasteiger partial charge in [-0.05, 0) is 89.9 Å². The lowest BCUT2D eigenvalue weighted by molar-refractivity contribution is -0.166. The van der Waals surface area contributed by atoms with Gasteiger partial charge in [0.25, 0.3) is 0 Å². The normalized spacial score (nSPS) is 13.2. The van der Waals surface area contributed by atoms with Crippen LogP contribution in [0.5, 0.6) is 0 Å². The van der Waals surface area contributed by atoms with Gasteiger partial charge >= 0.3 is 17.9 Å². The monoisotopic (exact) mass is 843 g/mol. The number of allylic oxidation sites excluding steroid dienone is 19. The second kappa shape index (κ2) is 48.5. The van der Waals surface area contributed by atoms with E-state index in [0.717, 1.165) is 116 Å². The molecule has 0 saturated heterocycles. The van der Waals surface area contributed by atoms with Gasteiger partial charge in [0.1, 0.15) is 13.2 Å². The maximum Gasteiger partial charge on any atom is 0.309 e. The summed E-state index contributed by atoms with van der Waals surface area (Å²) in [5, 5.41) is 0. The Morgan fingerprint density at radius 3 is 1.30 bits per heavy atom. The van der Waals surface area contributed by atoms with Crippen LogP contribution in [0.2, 0.25) is 0 Å². The molecule has 1 unspecified atom stereocenters. The van der Waals surface area contributed by atoms with Crippen LogP contribution in [0.25, 0.3) is 0 Å². The van der Waals surface area contributed by atoms with Crippen LogP contribution in [0.1, 0.15) is 188 Å². The summed E-state index contributed by atoms with van der Waals surface area (Å²) < 4.78 is 16.6. The molecule has 0 bridgehead atoms. The molecule has 0 saturated carbocycles. The number of ether oxygens (including phenoxy) is 3. The van der Waals surface area contributed by atoms with Crippen LogP contribution < -0.4 is 0 Å². The summed E-state index contributed by atoms with van der Waals surface area (Å²) in [6.07, 6.45) is 66.4. The van der Waals surface area contributed by atoms with Gasteiger partial charge in [0.2, 0.25) is 0 Å². The molecule has 0 rings (SSSR count). The van der Waals surface area contributed by atoms with Crippen LogP contribution in [-0.4, -0.2) is 37.2 Å². The van der Waals surface area contributed by atoms with Gasteiger partial charge in [-0.2, -0.15) is 0 Å². The molecule has 342 valence electrons. The summed E-state index contributed by atoms with van der Waals surface area (Å²) in [4.78, 5) is 37.7. The van der Waals surface area contributed by atoms with Crippen LogP contribution in [0.4, 0.5) is 0 Å². The molecule has 0 fully saturated rings. The molecule has 6 heteroatoms. The molecule has 0 amide bonds. The van der Waals surface area contributed by atoms with E-state index in [1.54, 1.807) is 6.08 Å². The van der Waals surface area contributed by atoms with Gasteiger partial charge in [-0.1, -0.05) is 200 Å². The zero-order valence-corrected chi connectivity index (χ0v) is 38.9. The average Bonchev–Trinajstić information content (AvgIpc) is 3.26. The number of rotatable bonds is 41. The Hall–Kier alpha value is -4.19. The topological polar surface area (TPSA) is 78.9 Å². The molecule has 0 aromatic heterocycles. The molecule has 0 aromatic carbocycles. The third kappa shape index (κ3) is 46.7. The number of carbonyl (C=O) groups is 3. The molecular formula is C55H86O6. The minimum absolute atomic E-state index is 0.122. The molecule has 0 aliphatic rings. The van der Waals surface area contributed by atoms with E-state index in [1.807, 2.05) is 6.08 Å². The first kappa shape index (κ1) is 56.8. The predicted octanol–water partition coefficient (Wildman–Crippen LogP) is 15.7. The van der Waals surface area contributed by atoms with Gasteiger partial charge < -0.3 is 14.2 Å². The van der Waals surface area contributed by atoms with Crippen molar-refractivity contribution >= 4 is 17.9 Å². The largest absolute Gasteiger partial charge is 0.462 e. The average molecular weight is 843 g/mol. The number of esters is 3. The number of hydrogen-bond donors (Lipinski definition) is 0. The minimum atomic E-state index is -0.832. The summed E-state index contributed by atoms with van der Waals surface area (Å²) in [6.45, 7) is 6.21. The molecule has 61 heavy (non-hydrogen) atoms. The first-order chi connectivity index (χ1) is 30.0. The lowest BCUT2D eigenvalue weighted by atomic mass is 10.1. The molecule has 0 spiro atoms. The number of hydrogen-bond acceptors (Lipinski definition) is 6. The van der Waals surface area contributed by atoms with Crippen molar-refractivity contribution in [2.24, 2.45) is 0 Å². The van der Waals surface area contributed by atoms with E-state index in [9.17, 15) is 14.4 Å². The molecule has 0 N–H and O–H groups in total. The van der Waals surface area contributed by atoms with Crippen molar-refractivity contribution in [3.05, 3.63) is 122 Å². The summed E-state index contributed by atoms with van der Waals surface area (Å²) in [5.74, 6) is -1.10. The Bertz CT molecular complexity index is 1340. The third-order valence-corrected chi connectivity index (χ3v) is 9.56. The Balaban J connectivity index is 4.49. The summed E-state index contributed by atoms with van der Waals surface area (Å²) in [7, 11) is 0. The Labute approximate surface area is 373 Å². The zero-order valence-electron chi connectivity index (χ0n) is 38.9. The molecule has 6 nitrogen and oxygen atoms in total. The fraction of sp³-hybridized carbons (Fsp3) is 0.582. The highest BCUT2D eigenvalue weighted by Gasteiger charge is 2.19. The van der Waals surface area contributed by atoms with Gasteiger partial charge in [0.15, 0.2) is 6.10 Å². The highest BCUT2D eigenvalue weighted by atomic mass is 16.6. The van der Waals surface area contributed by atoms with E-state index in [-0.39, 0.29) is 38.0 Å². The van der Waals surface area contributed by atoms with Crippen molar-refractivity contribution in [2.75, 3.05) is 13.2 Å². The fourth-order valence-corrected chi connectivity index (χ4v) is 6.00. The zero-order chi connectivity index (χ0) is 44.4. The van der Waals surface area contributed by atoms with E-state index in [1.165, 1.54) is 32.1 Å². The van der Waals surface area contributed by atoms with Crippen molar-refractivity contribution in [1.82, 2.24) is 0 Å². The van der Waals surface area contributed by atoms with Gasteiger partial charge in [0, 0.05) is 12.8 Å². The number of unbranched alkanes of at least 4 members (excludes halogenated alkanes) is 14. The van der Waals surface area contributed by atoms with Gasteiger partial charge in [-0.15, -0.1) is 0 Å². The van der Waals surface area contributed by atoms with Crippen LogP contribution in [-0.2, 0) is 28.6 Å². The van der Waals surface area contributed by atoms with Crippen molar-refractivity contribution in [3.8, 4) is 0 Å². The highest BCUT2D eigenvalue weighted by Crippen LogP contribution is 2.12. The maximum absolute atomic E-state index is 12.7. The van der Waals surface area contributed by atoms with Crippen molar-refractivity contribution < 1.29 is 28.6 Å². The molecule has 1 atom stereocenters. The fourth-order valence-electron chi connectivity index (χ4n) is 6.00. The molecular weight excluding hydrogens is 757 g/mol. The molecule has 0 heterocycles. The summed E-state index contributed by atoms with van der Waals surface area (Å²) in [6, 6.07) is 0. The van der Waals surface area contributed by atoms with Crippen LogP contribution >= 0.6 is 0 Å². The summed E-state index contributed by atoms with van der Waals surface area (Å²) >= 11 is 0. The standard InChI is InChI=1S/C55H86O6/c1-4-7-10-13-16-19-21-23-25-27-28-30-31-33-36-39-42-45-48-54(57)60-51-52(50-59-53(56)47-44-41-38-35-18-15-12-9-6-3)61-55(58)49-46-43-40-37-34-32-29-26-24-22-20-17-14-11-8-5-2/h8-9,11-12,16-21,23-28,30,35,41,44,52H,4-7,10,13-15,22,29,31-34,36-40,42-43,45-51H2,1-3H3/b11-8-,12-9-,19-16-,20-17-,23-21-,26-24-,27-25-,30-28-,35-18-,44-41-. The predicted molar refractivity (Wildman–Crippen MR) is 260 cm³/mol. The Morgan fingerprint density at radius 2 is 0.770 bits per heavy atom. The van der Waals surface area contributed by atoms with Crippen molar-refractivity contribution in [1.29, 1.82) is 0 Å². The second-order valence-corrected chi connectivity index (χ2v) is 15.4. The van der Waals surface area contributed by atoms with E-state index in [4.69, 9.17) is 14.2 Å². The van der Waals surface area contributed by atoms with Crippen LogP contribution in [0, 0.1) is 0 Å². The van der Waals surface area contributed by atoms with Gasteiger partial charge in [-0.25, -0.2) is 0 Å². The molecule has 0 aromatic rings. The smallest absolute Gasteiger partial charge is 0.309 e. The lowest BCUT2D eigenvalue weighted by Gasteiger charge is -2.18. The molecule has 0 radical (unpaired) electrons. The van der Waals surface area contributed by atoms with Crippen LogP contribution in [0.3, 0.4) is 0 Å². The molecule has 0 aliphatic heterocycles. The van der Waals surface area contributed by atoms with Crippen molar-refractivity contribution in [3.63, 3.8) is 0 Å². The third-order valence-electron chi connectivity index (χ3n) is 9.56. The maximum atomic E-state index is 12.7. The van der Waals surface area contributed by atoms with E-state index < -0.39 is 12.1 Å². The Morgan fingerprint density at radius 1 is 0.377 bits per heavy atom. The quantitative estimate of drug-likeness (QED) is 0.0201. The first-order valence-corrected chi connectivity index (χ1v) is 24.1. The Kier molecular flexibility index (Phi) is 45.1. The van der Waals surface area contributed by atoms with Gasteiger partial charge in [-0.3, -0.25) is 14.4 Å². The van der Waals surface area contributed by atoms with Crippen molar-refractivity contribution in [2.45, 2.75) is 194 Å². The van der Waals surface area contributed by atoms with Crippen LogP contribution in [0.15, 0.2) is 122 Å². The molecule has 0 aliphatic carbocycles. The first-order valence-electron chi connectivity index (χ1n) is 24.1. The number of carbonyl (C=O) groups excluding carboxylic acids is 3. The van der Waals surface area contributed by atoms with E-state index in [0.29, 0.717) is 6.42 Å². The lowest BCUT2D eigenvalue weighted by Crippen LogP contribution is -2.30.